The molecule has 0 atom stereocenters. The Labute approximate surface area is 180 Å². The first-order chi connectivity index (χ1) is 14.2. The summed E-state index contributed by atoms with van der Waals surface area (Å²) in [6, 6.07) is 26.5. The highest BCUT2D eigenvalue weighted by Gasteiger charge is 2.13. The summed E-state index contributed by atoms with van der Waals surface area (Å²) in [5.41, 5.74) is 4.62. The number of halogens is 1. The molecule has 144 valence electrons. The molecular weight excluding hydrogens is 398 g/mol. The molecule has 29 heavy (non-hydrogen) atoms. The molecule has 1 heterocycles. The molecule has 3 aromatic carbocycles. The third-order valence-corrected chi connectivity index (χ3v) is 5.71. The zero-order valence-electron chi connectivity index (χ0n) is 16.0. The molecule has 4 aromatic rings. The van der Waals surface area contributed by atoms with Crippen LogP contribution in [-0.2, 0) is 5.75 Å². The van der Waals surface area contributed by atoms with Gasteiger partial charge in [-0.1, -0.05) is 89.6 Å². The molecule has 0 fully saturated rings. The lowest BCUT2D eigenvalue weighted by atomic mass is 10.2. The summed E-state index contributed by atoms with van der Waals surface area (Å²) in [6.07, 6.45) is 4.04. The molecular formula is C24H20ClN3S. The number of nitrogens with zero attached hydrogens (tertiary/aromatic N) is 3. The lowest BCUT2D eigenvalue weighted by Gasteiger charge is -2.09. The SMILES string of the molecule is Cc1ccc(CSc2nnc(C=Cc3ccccc3)n2-c2ccc(Cl)cc2)cc1. The van der Waals surface area contributed by atoms with E-state index in [-0.39, 0.29) is 0 Å². The van der Waals surface area contributed by atoms with Crippen molar-refractivity contribution < 1.29 is 0 Å². The maximum absolute atomic E-state index is 6.09. The summed E-state index contributed by atoms with van der Waals surface area (Å²) in [6.45, 7) is 2.10. The summed E-state index contributed by atoms with van der Waals surface area (Å²) >= 11 is 7.76. The third-order valence-electron chi connectivity index (χ3n) is 4.46. The van der Waals surface area contributed by atoms with Crippen LogP contribution in [0, 0.1) is 6.92 Å². The number of aryl methyl sites for hydroxylation is 1. The van der Waals surface area contributed by atoms with Gasteiger partial charge in [0.15, 0.2) is 11.0 Å². The molecule has 0 aliphatic heterocycles. The van der Waals surface area contributed by atoms with Gasteiger partial charge in [0, 0.05) is 16.5 Å². The van der Waals surface area contributed by atoms with Gasteiger partial charge in [-0.05, 0) is 48.4 Å². The Morgan fingerprint density at radius 2 is 1.59 bits per heavy atom. The molecule has 0 amide bonds. The predicted molar refractivity (Wildman–Crippen MR) is 122 cm³/mol. The normalized spacial score (nSPS) is 11.2. The van der Waals surface area contributed by atoms with Crippen molar-refractivity contribution in [2.45, 2.75) is 17.8 Å². The van der Waals surface area contributed by atoms with Gasteiger partial charge in [-0.25, -0.2) is 0 Å². The van der Waals surface area contributed by atoms with E-state index in [9.17, 15) is 0 Å². The number of hydrogen-bond donors (Lipinski definition) is 0. The molecule has 4 rings (SSSR count). The van der Waals surface area contributed by atoms with Crippen molar-refractivity contribution in [3.8, 4) is 5.69 Å². The summed E-state index contributed by atoms with van der Waals surface area (Å²) < 4.78 is 2.06. The topological polar surface area (TPSA) is 30.7 Å². The molecule has 0 spiro atoms. The van der Waals surface area contributed by atoms with Crippen molar-refractivity contribution in [3.05, 3.63) is 106 Å². The van der Waals surface area contributed by atoms with Crippen molar-refractivity contribution in [3.63, 3.8) is 0 Å². The van der Waals surface area contributed by atoms with Crippen LogP contribution in [-0.4, -0.2) is 14.8 Å². The number of benzene rings is 3. The molecule has 0 aliphatic carbocycles. The number of aromatic nitrogens is 3. The summed E-state index contributed by atoms with van der Waals surface area (Å²) in [4.78, 5) is 0. The van der Waals surface area contributed by atoms with Crippen LogP contribution in [0.5, 0.6) is 0 Å². The van der Waals surface area contributed by atoms with Crippen molar-refractivity contribution in [1.82, 2.24) is 14.8 Å². The average Bonchev–Trinajstić information content (AvgIpc) is 3.16. The second-order valence-corrected chi connectivity index (χ2v) is 8.05. The van der Waals surface area contributed by atoms with E-state index in [0.717, 1.165) is 28.0 Å². The Hall–Kier alpha value is -2.82. The number of rotatable bonds is 6. The van der Waals surface area contributed by atoms with Gasteiger partial charge in [0.1, 0.15) is 0 Å². The largest absolute Gasteiger partial charge is 0.271 e. The van der Waals surface area contributed by atoms with Crippen LogP contribution in [0.4, 0.5) is 0 Å². The van der Waals surface area contributed by atoms with Crippen LogP contribution in [0.25, 0.3) is 17.8 Å². The van der Waals surface area contributed by atoms with Gasteiger partial charge in [0.05, 0.1) is 0 Å². The summed E-state index contributed by atoms with van der Waals surface area (Å²) in [5.74, 6) is 1.61. The van der Waals surface area contributed by atoms with E-state index < -0.39 is 0 Å². The Morgan fingerprint density at radius 3 is 2.31 bits per heavy atom. The van der Waals surface area contributed by atoms with Gasteiger partial charge >= 0.3 is 0 Å². The summed E-state index contributed by atoms with van der Waals surface area (Å²) in [5, 5.41) is 10.4. The third kappa shape index (κ3) is 4.97. The van der Waals surface area contributed by atoms with Gasteiger partial charge < -0.3 is 0 Å². The van der Waals surface area contributed by atoms with Crippen LogP contribution < -0.4 is 0 Å². The van der Waals surface area contributed by atoms with Crippen LogP contribution in [0.3, 0.4) is 0 Å². The van der Waals surface area contributed by atoms with E-state index in [1.54, 1.807) is 11.8 Å². The van der Waals surface area contributed by atoms with E-state index in [1.165, 1.54) is 11.1 Å². The van der Waals surface area contributed by atoms with Crippen molar-refractivity contribution in [2.24, 2.45) is 0 Å². The number of thioether (sulfide) groups is 1. The lowest BCUT2D eigenvalue weighted by Crippen LogP contribution is -1.99. The highest BCUT2D eigenvalue weighted by Crippen LogP contribution is 2.27. The van der Waals surface area contributed by atoms with Crippen molar-refractivity contribution in [1.29, 1.82) is 0 Å². The molecule has 0 aliphatic rings. The van der Waals surface area contributed by atoms with E-state index in [2.05, 4.69) is 58.1 Å². The molecule has 0 saturated heterocycles. The fraction of sp³-hybridized carbons (Fsp3) is 0.0833. The molecule has 0 bridgehead atoms. The molecule has 0 N–H and O–H groups in total. The quantitative estimate of drug-likeness (QED) is 0.327. The minimum atomic E-state index is 0.706. The Bertz CT molecular complexity index is 1100. The van der Waals surface area contributed by atoms with Crippen LogP contribution in [0.1, 0.15) is 22.5 Å². The molecule has 0 saturated carbocycles. The first-order valence-electron chi connectivity index (χ1n) is 9.32. The standard InChI is InChI=1S/C24H20ClN3S/c1-18-7-9-20(10-8-18)17-29-24-27-26-23(16-11-19-5-3-2-4-6-19)28(24)22-14-12-21(25)13-15-22/h2-16H,17H2,1H3. The number of hydrogen-bond acceptors (Lipinski definition) is 3. The van der Waals surface area contributed by atoms with E-state index in [1.807, 2.05) is 54.6 Å². The average molecular weight is 418 g/mol. The Balaban J connectivity index is 1.65. The highest BCUT2D eigenvalue weighted by molar-refractivity contribution is 7.98. The first kappa shape index (κ1) is 19.5. The monoisotopic (exact) mass is 417 g/mol. The van der Waals surface area contributed by atoms with Gasteiger partial charge in [-0.15, -0.1) is 10.2 Å². The maximum Gasteiger partial charge on any atom is 0.196 e. The van der Waals surface area contributed by atoms with Crippen molar-refractivity contribution >= 4 is 35.5 Å². The highest BCUT2D eigenvalue weighted by atomic mass is 35.5. The van der Waals surface area contributed by atoms with Gasteiger partial charge in [-0.2, -0.15) is 0 Å². The van der Waals surface area contributed by atoms with Crippen LogP contribution >= 0.6 is 23.4 Å². The molecule has 3 nitrogen and oxygen atoms in total. The van der Waals surface area contributed by atoms with Crippen LogP contribution in [0.2, 0.25) is 5.02 Å². The maximum atomic E-state index is 6.09. The van der Waals surface area contributed by atoms with E-state index >= 15 is 0 Å². The molecule has 5 heteroatoms. The second kappa shape index (κ2) is 9.12. The molecule has 1 aromatic heterocycles. The predicted octanol–water partition coefficient (Wildman–Crippen LogP) is 6.69. The molecule has 0 unspecified atom stereocenters. The second-order valence-electron chi connectivity index (χ2n) is 6.67. The lowest BCUT2D eigenvalue weighted by molar-refractivity contribution is 0.880. The minimum absolute atomic E-state index is 0.706. The fourth-order valence-electron chi connectivity index (χ4n) is 2.88. The van der Waals surface area contributed by atoms with E-state index in [4.69, 9.17) is 11.6 Å². The van der Waals surface area contributed by atoms with Gasteiger partial charge in [-0.3, -0.25) is 4.57 Å². The van der Waals surface area contributed by atoms with Gasteiger partial charge in [0.25, 0.3) is 0 Å². The molecule has 0 radical (unpaired) electrons. The fourth-order valence-corrected chi connectivity index (χ4v) is 3.92. The van der Waals surface area contributed by atoms with Gasteiger partial charge in [0.2, 0.25) is 0 Å². The zero-order chi connectivity index (χ0) is 20.1. The first-order valence-corrected chi connectivity index (χ1v) is 10.7. The zero-order valence-corrected chi connectivity index (χ0v) is 17.6. The Morgan fingerprint density at radius 1 is 0.862 bits per heavy atom. The smallest absolute Gasteiger partial charge is 0.196 e. The van der Waals surface area contributed by atoms with Crippen LogP contribution in [0.15, 0.2) is 84.0 Å². The van der Waals surface area contributed by atoms with E-state index in [0.29, 0.717) is 5.02 Å². The van der Waals surface area contributed by atoms with Crippen molar-refractivity contribution in [2.75, 3.05) is 0 Å². The minimum Gasteiger partial charge on any atom is -0.271 e. The summed E-state index contributed by atoms with van der Waals surface area (Å²) in [7, 11) is 0. The Kier molecular flexibility index (Phi) is 6.13.